The molecule has 2 aromatic carbocycles. The predicted molar refractivity (Wildman–Crippen MR) is 108 cm³/mol. The standard InChI is InChI=1S/C21H24ClN3O2/c1-16-6-8-18(9-7-16)23-20(26)15-24-10-12-25(13-11-24)21(27)14-17-4-2-3-5-19(17)22/h2-9H,10-15H2,1H3,(H,23,26). The summed E-state index contributed by atoms with van der Waals surface area (Å²) in [6.45, 7) is 4.98. The third-order valence-corrected chi connectivity index (χ3v) is 5.10. The molecule has 5 nitrogen and oxygen atoms in total. The molecule has 2 amide bonds. The highest BCUT2D eigenvalue weighted by molar-refractivity contribution is 6.31. The number of amides is 2. The van der Waals surface area contributed by atoms with Crippen molar-refractivity contribution in [2.24, 2.45) is 0 Å². The van der Waals surface area contributed by atoms with Crippen molar-refractivity contribution >= 4 is 29.1 Å². The molecule has 0 saturated carbocycles. The molecule has 1 aliphatic heterocycles. The number of halogens is 1. The van der Waals surface area contributed by atoms with Gasteiger partial charge in [-0.1, -0.05) is 47.5 Å². The number of nitrogens with one attached hydrogen (secondary N) is 1. The molecule has 0 atom stereocenters. The molecule has 6 heteroatoms. The van der Waals surface area contributed by atoms with Crippen molar-refractivity contribution in [2.45, 2.75) is 13.3 Å². The molecular weight excluding hydrogens is 362 g/mol. The number of anilines is 1. The summed E-state index contributed by atoms with van der Waals surface area (Å²) in [5, 5.41) is 3.54. The second-order valence-electron chi connectivity index (χ2n) is 6.84. The maximum Gasteiger partial charge on any atom is 0.238 e. The Balaban J connectivity index is 1.44. The van der Waals surface area contributed by atoms with Crippen molar-refractivity contribution in [3.8, 4) is 0 Å². The van der Waals surface area contributed by atoms with Crippen LogP contribution in [0, 0.1) is 6.92 Å². The minimum Gasteiger partial charge on any atom is -0.340 e. The van der Waals surface area contributed by atoms with E-state index in [0.29, 0.717) is 44.2 Å². The lowest BCUT2D eigenvalue weighted by molar-refractivity contribution is -0.132. The van der Waals surface area contributed by atoms with Crippen LogP contribution < -0.4 is 5.32 Å². The van der Waals surface area contributed by atoms with Crippen LogP contribution in [0.3, 0.4) is 0 Å². The van der Waals surface area contributed by atoms with Crippen LogP contribution in [0.4, 0.5) is 5.69 Å². The highest BCUT2D eigenvalue weighted by Gasteiger charge is 2.22. The number of carbonyl (C=O) groups excluding carboxylic acids is 2. The molecule has 2 aromatic rings. The fraction of sp³-hybridized carbons (Fsp3) is 0.333. The van der Waals surface area contributed by atoms with E-state index in [0.717, 1.165) is 16.8 Å². The third-order valence-electron chi connectivity index (χ3n) is 4.73. The number of piperazine rings is 1. The van der Waals surface area contributed by atoms with Gasteiger partial charge in [-0.2, -0.15) is 0 Å². The van der Waals surface area contributed by atoms with Crippen molar-refractivity contribution in [2.75, 3.05) is 38.0 Å². The van der Waals surface area contributed by atoms with Gasteiger partial charge in [-0.25, -0.2) is 0 Å². The first-order valence-corrected chi connectivity index (χ1v) is 9.49. The van der Waals surface area contributed by atoms with Gasteiger partial charge in [-0.15, -0.1) is 0 Å². The van der Waals surface area contributed by atoms with Gasteiger partial charge >= 0.3 is 0 Å². The van der Waals surface area contributed by atoms with Gasteiger partial charge in [0.2, 0.25) is 11.8 Å². The topological polar surface area (TPSA) is 52.7 Å². The van der Waals surface area contributed by atoms with Crippen LogP contribution in [0.2, 0.25) is 5.02 Å². The van der Waals surface area contributed by atoms with Crippen LogP contribution in [0.25, 0.3) is 0 Å². The highest BCUT2D eigenvalue weighted by Crippen LogP contribution is 2.17. The average Bonchev–Trinajstić information content (AvgIpc) is 2.66. The Morgan fingerprint density at radius 2 is 1.67 bits per heavy atom. The van der Waals surface area contributed by atoms with Gasteiger partial charge in [-0.3, -0.25) is 14.5 Å². The van der Waals surface area contributed by atoms with Crippen molar-refractivity contribution in [1.82, 2.24) is 9.80 Å². The normalized spacial score (nSPS) is 14.8. The van der Waals surface area contributed by atoms with Crippen molar-refractivity contribution in [3.05, 3.63) is 64.7 Å². The molecule has 0 aromatic heterocycles. The van der Waals surface area contributed by atoms with Gasteiger partial charge in [0.1, 0.15) is 0 Å². The summed E-state index contributed by atoms with van der Waals surface area (Å²) in [6, 6.07) is 15.2. The van der Waals surface area contributed by atoms with Crippen LogP contribution in [0.5, 0.6) is 0 Å². The van der Waals surface area contributed by atoms with E-state index in [1.54, 1.807) is 6.07 Å². The fourth-order valence-electron chi connectivity index (χ4n) is 3.11. The number of hydrogen-bond donors (Lipinski definition) is 1. The second kappa shape index (κ2) is 9.02. The van der Waals surface area contributed by atoms with Crippen LogP contribution in [-0.2, 0) is 16.0 Å². The molecule has 142 valence electrons. The average molecular weight is 386 g/mol. The number of nitrogens with zero attached hydrogens (tertiary/aromatic N) is 2. The quantitative estimate of drug-likeness (QED) is 0.860. The largest absolute Gasteiger partial charge is 0.340 e. The fourth-order valence-corrected chi connectivity index (χ4v) is 3.31. The molecule has 0 aliphatic carbocycles. The number of rotatable bonds is 5. The lowest BCUT2D eigenvalue weighted by Crippen LogP contribution is -2.50. The number of carbonyl (C=O) groups is 2. The van der Waals surface area contributed by atoms with E-state index in [9.17, 15) is 9.59 Å². The molecule has 1 aliphatic rings. The Hall–Kier alpha value is -2.37. The summed E-state index contributed by atoms with van der Waals surface area (Å²) in [7, 11) is 0. The molecule has 27 heavy (non-hydrogen) atoms. The first-order valence-electron chi connectivity index (χ1n) is 9.11. The Bertz CT molecular complexity index is 799. The summed E-state index contributed by atoms with van der Waals surface area (Å²) >= 11 is 6.14. The molecule has 1 saturated heterocycles. The first kappa shape index (κ1) is 19.4. The van der Waals surface area contributed by atoms with Gasteiger partial charge in [-0.05, 0) is 30.7 Å². The molecule has 0 unspecified atom stereocenters. The monoisotopic (exact) mass is 385 g/mol. The lowest BCUT2D eigenvalue weighted by atomic mass is 10.1. The Morgan fingerprint density at radius 3 is 2.33 bits per heavy atom. The molecular formula is C21H24ClN3O2. The van der Waals surface area contributed by atoms with Crippen molar-refractivity contribution < 1.29 is 9.59 Å². The van der Waals surface area contributed by atoms with Gasteiger partial charge in [0.15, 0.2) is 0 Å². The van der Waals surface area contributed by atoms with E-state index in [-0.39, 0.29) is 11.8 Å². The third kappa shape index (κ3) is 5.55. The van der Waals surface area contributed by atoms with E-state index in [1.807, 2.05) is 54.3 Å². The predicted octanol–water partition coefficient (Wildman–Crippen LogP) is 2.97. The van der Waals surface area contributed by atoms with Crippen molar-refractivity contribution in [1.29, 1.82) is 0 Å². The van der Waals surface area contributed by atoms with E-state index in [4.69, 9.17) is 11.6 Å². The molecule has 0 spiro atoms. The number of hydrogen-bond acceptors (Lipinski definition) is 3. The lowest BCUT2D eigenvalue weighted by Gasteiger charge is -2.34. The zero-order valence-corrected chi connectivity index (χ0v) is 16.2. The minimum absolute atomic E-state index is 0.0327. The minimum atomic E-state index is -0.0327. The Labute approximate surface area is 164 Å². The van der Waals surface area contributed by atoms with Gasteiger partial charge in [0.25, 0.3) is 0 Å². The summed E-state index contributed by atoms with van der Waals surface area (Å²) in [5.41, 5.74) is 2.81. The Kier molecular flexibility index (Phi) is 6.48. The van der Waals surface area contributed by atoms with Crippen LogP contribution in [-0.4, -0.2) is 54.3 Å². The van der Waals surface area contributed by atoms with Gasteiger partial charge in [0.05, 0.1) is 13.0 Å². The first-order chi connectivity index (χ1) is 13.0. The van der Waals surface area contributed by atoms with Crippen molar-refractivity contribution in [3.63, 3.8) is 0 Å². The van der Waals surface area contributed by atoms with Crippen LogP contribution in [0.1, 0.15) is 11.1 Å². The summed E-state index contributed by atoms with van der Waals surface area (Å²) in [6.07, 6.45) is 0.313. The number of aryl methyl sites for hydroxylation is 1. The SMILES string of the molecule is Cc1ccc(NC(=O)CN2CCN(C(=O)Cc3ccccc3Cl)CC2)cc1. The summed E-state index contributed by atoms with van der Waals surface area (Å²) in [4.78, 5) is 28.6. The smallest absolute Gasteiger partial charge is 0.238 e. The van der Waals surface area contributed by atoms with E-state index in [2.05, 4.69) is 10.2 Å². The number of benzene rings is 2. The van der Waals surface area contributed by atoms with Gasteiger partial charge < -0.3 is 10.2 Å². The molecule has 1 N–H and O–H groups in total. The zero-order chi connectivity index (χ0) is 19.2. The maximum atomic E-state index is 12.5. The molecule has 3 rings (SSSR count). The van der Waals surface area contributed by atoms with Crippen LogP contribution in [0.15, 0.2) is 48.5 Å². The second-order valence-corrected chi connectivity index (χ2v) is 7.25. The summed E-state index contributed by atoms with van der Waals surface area (Å²) in [5.74, 6) is 0.0431. The zero-order valence-electron chi connectivity index (χ0n) is 15.5. The molecule has 1 heterocycles. The maximum absolute atomic E-state index is 12.5. The van der Waals surface area contributed by atoms with Gasteiger partial charge in [0, 0.05) is 36.9 Å². The van der Waals surface area contributed by atoms with Crippen LogP contribution >= 0.6 is 11.6 Å². The molecule has 0 bridgehead atoms. The Morgan fingerprint density at radius 1 is 1.00 bits per heavy atom. The molecule has 1 fully saturated rings. The summed E-state index contributed by atoms with van der Waals surface area (Å²) < 4.78 is 0. The van der Waals surface area contributed by atoms with E-state index >= 15 is 0 Å². The van der Waals surface area contributed by atoms with E-state index in [1.165, 1.54) is 0 Å². The molecule has 0 radical (unpaired) electrons. The van der Waals surface area contributed by atoms with E-state index < -0.39 is 0 Å². The highest BCUT2D eigenvalue weighted by atomic mass is 35.5.